The molecule has 0 saturated carbocycles. The summed E-state index contributed by atoms with van der Waals surface area (Å²) < 4.78 is 5.20. The molecule has 3 aliphatic rings. The number of ether oxygens (including phenoxy) is 1. The third kappa shape index (κ3) is 2.59. The molecule has 0 bridgehead atoms. The third-order valence-electron chi connectivity index (χ3n) is 6.99. The maximum atomic E-state index is 13.6. The van der Waals surface area contributed by atoms with Crippen molar-refractivity contribution >= 4 is 23.2 Å². The normalized spacial score (nSPS) is 27.1. The molecule has 3 atom stereocenters. The van der Waals surface area contributed by atoms with Crippen LogP contribution >= 0.6 is 0 Å². The van der Waals surface area contributed by atoms with Crippen LogP contribution in [0.15, 0.2) is 36.4 Å². The first-order valence-corrected chi connectivity index (χ1v) is 10.6. The summed E-state index contributed by atoms with van der Waals surface area (Å²) in [6, 6.07) is 11.7. The van der Waals surface area contributed by atoms with Gasteiger partial charge in [-0.3, -0.25) is 14.5 Å². The minimum absolute atomic E-state index is 0.0644. The fourth-order valence-corrected chi connectivity index (χ4v) is 5.78. The Hall–Kier alpha value is -2.86. The minimum Gasteiger partial charge on any atom is -0.497 e. The maximum absolute atomic E-state index is 13.6. The van der Waals surface area contributed by atoms with Gasteiger partial charge in [0, 0.05) is 23.0 Å². The number of methoxy groups -OCH3 is 1. The van der Waals surface area contributed by atoms with E-state index in [4.69, 9.17) is 4.74 Å². The molecule has 0 unspecified atom stereocenters. The summed E-state index contributed by atoms with van der Waals surface area (Å²) in [6.07, 6.45) is 2.79. The molecule has 5 rings (SSSR count). The Balaban J connectivity index is 1.57. The number of benzene rings is 2. The van der Waals surface area contributed by atoms with Gasteiger partial charge in [-0.15, -0.1) is 0 Å². The molecule has 2 amide bonds. The predicted octanol–water partition coefficient (Wildman–Crippen LogP) is 3.58. The van der Waals surface area contributed by atoms with Gasteiger partial charge in [0.1, 0.15) is 11.3 Å². The lowest BCUT2D eigenvalue weighted by Crippen LogP contribution is -2.53. The zero-order chi connectivity index (χ0) is 21.0. The van der Waals surface area contributed by atoms with Crippen LogP contribution in [0.3, 0.4) is 0 Å². The van der Waals surface area contributed by atoms with E-state index in [1.807, 2.05) is 38.1 Å². The average Bonchev–Trinajstić information content (AvgIpc) is 3.38. The van der Waals surface area contributed by atoms with Crippen LogP contribution in [0.2, 0.25) is 0 Å². The lowest BCUT2D eigenvalue weighted by atomic mass is 9.77. The number of nitrogens with one attached hydrogen (secondary N) is 2. The van der Waals surface area contributed by atoms with E-state index >= 15 is 0 Å². The molecule has 6 heteroatoms. The van der Waals surface area contributed by atoms with Crippen molar-refractivity contribution in [3.63, 3.8) is 0 Å². The molecule has 2 aromatic carbocycles. The van der Waals surface area contributed by atoms with Gasteiger partial charge >= 0.3 is 0 Å². The number of rotatable bonds is 3. The molecule has 2 aromatic rings. The van der Waals surface area contributed by atoms with E-state index in [2.05, 4.69) is 27.7 Å². The van der Waals surface area contributed by atoms with Crippen molar-refractivity contribution in [1.82, 2.24) is 4.90 Å². The van der Waals surface area contributed by atoms with Crippen LogP contribution in [0.1, 0.15) is 36.0 Å². The molecule has 0 radical (unpaired) electrons. The van der Waals surface area contributed by atoms with E-state index < -0.39 is 11.5 Å². The summed E-state index contributed by atoms with van der Waals surface area (Å²) in [4.78, 5) is 29.4. The minimum atomic E-state index is -0.927. The van der Waals surface area contributed by atoms with E-state index in [0.717, 1.165) is 47.5 Å². The zero-order valence-corrected chi connectivity index (χ0v) is 17.6. The fourth-order valence-electron chi connectivity index (χ4n) is 5.78. The summed E-state index contributed by atoms with van der Waals surface area (Å²) >= 11 is 0. The van der Waals surface area contributed by atoms with Gasteiger partial charge in [0.15, 0.2) is 0 Å². The molecule has 2 saturated heterocycles. The van der Waals surface area contributed by atoms with Crippen molar-refractivity contribution < 1.29 is 14.3 Å². The van der Waals surface area contributed by atoms with Gasteiger partial charge in [-0.25, -0.2) is 0 Å². The molecule has 0 aromatic heterocycles. The number of carbonyl (C=O) groups is 2. The first kappa shape index (κ1) is 19.1. The number of carbonyl (C=O) groups excluding carboxylic acids is 2. The van der Waals surface area contributed by atoms with E-state index in [-0.39, 0.29) is 17.9 Å². The number of fused-ring (bicyclic) bond motifs is 4. The summed E-state index contributed by atoms with van der Waals surface area (Å²) in [7, 11) is 1.61. The van der Waals surface area contributed by atoms with Crippen LogP contribution < -0.4 is 15.4 Å². The molecule has 30 heavy (non-hydrogen) atoms. The van der Waals surface area contributed by atoms with E-state index in [9.17, 15) is 9.59 Å². The van der Waals surface area contributed by atoms with Gasteiger partial charge in [0.25, 0.3) is 0 Å². The predicted molar refractivity (Wildman–Crippen MR) is 116 cm³/mol. The Bertz CT molecular complexity index is 1030. The summed E-state index contributed by atoms with van der Waals surface area (Å²) in [6.45, 7) is 4.91. The molecular weight excluding hydrogens is 378 g/mol. The van der Waals surface area contributed by atoms with E-state index in [1.54, 1.807) is 7.11 Å². The summed E-state index contributed by atoms with van der Waals surface area (Å²) in [5, 5.41) is 6.18. The first-order valence-electron chi connectivity index (χ1n) is 10.6. The van der Waals surface area contributed by atoms with Crippen LogP contribution in [0.4, 0.5) is 11.4 Å². The van der Waals surface area contributed by atoms with Crippen LogP contribution in [-0.2, 0) is 15.1 Å². The van der Waals surface area contributed by atoms with Gasteiger partial charge in [-0.05, 0) is 69.5 Å². The van der Waals surface area contributed by atoms with Crippen LogP contribution in [0.5, 0.6) is 5.75 Å². The van der Waals surface area contributed by atoms with Crippen LogP contribution in [0, 0.1) is 19.8 Å². The highest BCUT2D eigenvalue weighted by atomic mass is 16.5. The molecule has 3 heterocycles. The largest absolute Gasteiger partial charge is 0.497 e. The van der Waals surface area contributed by atoms with E-state index in [1.165, 1.54) is 0 Å². The Kier molecular flexibility index (Phi) is 4.36. The quantitative estimate of drug-likeness (QED) is 0.819. The molecule has 2 N–H and O–H groups in total. The topological polar surface area (TPSA) is 70.7 Å². The zero-order valence-electron chi connectivity index (χ0n) is 17.6. The van der Waals surface area contributed by atoms with Gasteiger partial charge in [-0.1, -0.05) is 17.7 Å². The van der Waals surface area contributed by atoms with Gasteiger partial charge in [0.05, 0.1) is 13.0 Å². The third-order valence-corrected chi connectivity index (χ3v) is 6.99. The van der Waals surface area contributed by atoms with Crippen molar-refractivity contribution in [3.8, 4) is 5.75 Å². The second-order valence-electron chi connectivity index (χ2n) is 8.72. The highest BCUT2D eigenvalue weighted by Gasteiger charge is 2.65. The number of aryl methyl sites for hydroxylation is 2. The number of anilines is 2. The first-order chi connectivity index (χ1) is 14.4. The van der Waals surface area contributed by atoms with Gasteiger partial charge in [0.2, 0.25) is 11.8 Å². The lowest BCUT2D eigenvalue weighted by molar-refractivity contribution is -0.135. The van der Waals surface area contributed by atoms with Crippen LogP contribution in [0.25, 0.3) is 0 Å². The highest BCUT2D eigenvalue weighted by Crippen LogP contribution is 2.56. The monoisotopic (exact) mass is 405 g/mol. The molecule has 2 fully saturated rings. The molecule has 6 nitrogen and oxygen atoms in total. The van der Waals surface area contributed by atoms with Crippen molar-refractivity contribution in [2.45, 2.75) is 44.7 Å². The van der Waals surface area contributed by atoms with Crippen molar-refractivity contribution in [2.75, 3.05) is 24.3 Å². The van der Waals surface area contributed by atoms with Gasteiger partial charge in [-0.2, -0.15) is 0 Å². The Morgan fingerprint density at radius 3 is 2.73 bits per heavy atom. The smallest absolute Gasteiger partial charge is 0.250 e. The molecule has 1 spiro atoms. The molecule has 0 aliphatic carbocycles. The fraction of sp³-hybridized carbons (Fsp3) is 0.417. The summed E-state index contributed by atoms with van der Waals surface area (Å²) in [5.41, 5.74) is 3.78. The number of hydrogen-bond donors (Lipinski definition) is 2. The average molecular weight is 405 g/mol. The lowest BCUT2D eigenvalue weighted by Gasteiger charge is -2.36. The van der Waals surface area contributed by atoms with Crippen molar-refractivity contribution in [2.24, 2.45) is 5.92 Å². The second kappa shape index (κ2) is 6.84. The molecule has 3 aliphatic heterocycles. The van der Waals surface area contributed by atoms with Crippen LogP contribution in [-0.4, -0.2) is 36.4 Å². The van der Waals surface area contributed by atoms with Crippen molar-refractivity contribution in [3.05, 3.63) is 53.1 Å². The second-order valence-corrected chi connectivity index (χ2v) is 8.72. The highest BCUT2D eigenvalue weighted by molar-refractivity contribution is 6.11. The van der Waals surface area contributed by atoms with Crippen molar-refractivity contribution in [1.29, 1.82) is 0 Å². The number of amides is 2. The Morgan fingerprint density at radius 2 is 2.00 bits per heavy atom. The molecular formula is C24H27N3O3. The standard InChI is InChI=1S/C24H27N3O3/c1-14-11-15(2)21-19(12-14)24(23(29)26-21)20(13-17-5-4-10-27(17)24)22(28)25-16-6-8-18(30-3)9-7-16/h6-9,11-12,17,20H,4-5,10,13H2,1-3H3,(H,25,28)(H,26,29)/t17-,20-,24+/m0/s1. The SMILES string of the molecule is COc1ccc(NC(=O)[C@@H]2C[C@@H]3CCCN3[C@@]23C(=O)Nc2c(C)cc(C)cc23)cc1. The van der Waals surface area contributed by atoms with Gasteiger partial charge < -0.3 is 15.4 Å². The van der Waals surface area contributed by atoms with E-state index in [0.29, 0.717) is 12.1 Å². The number of hydrogen-bond acceptors (Lipinski definition) is 4. The molecule has 156 valence electrons. The Morgan fingerprint density at radius 1 is 1.23 bits per heavy atom. The maximum Gasteiger partial charge on any atom is 0.250 e. The summed E-state index contributed by atoms with van der Waals surface area (Å²) in [5.74, 6) is 0.135. The Labute approximate surface area is 176 Å². The number of nitrogens with zero attached hydrogens (tertiary/aromatic N) is 1.